The predicted molar refractivity (Wildman–Crippen MR) is 83.2 cm³/mol. The Morgan fingerprint density at radius 2 is 2.10 bits per heavy atom. The number of benzene rings is 1. The first kappa shape index (κ1) is 17.4. The third-order valence-corrected chi connectivity index (χ3v) is 3.85. The van der Waals surface area contributed by atoms with Gasteiger partial charge in [-0.1, -0.05) is 13.0 Å². The molecule has 1 aromatic carbocycles. The summed E-state index contributed by atoms with van der Waals surface area (Å²) < 4.78 is 36.1. The van der Waals surface area contributed by atoms with Gasteiger partial charge in [0.1, 0.15) is 5.82 Å². The van der Waals surface area contributed by atoms with Gasteiger partial charge in [0, 0.05) is 12.3 Å². The number of nitrogens with two attached hydrogens (primary N) is 1. The van der Waals surface area contributed by atoms with Crippen molar-refractivity contribution in [3.05, 3.63) is 35.1 Å². The largest absolute Gasteiger partial charge is 0.370 e. The fourth-order valence-corrected chi connectivity index (χ4v) is 2.58. The maximum Gasteiger partial charge on any atom is 0.189 e. The molecule has 0 aromatic heterocycles. The normalized spacial score (nSPS) is 14.0. The predicted octanol–water partition coefficient (Wildman–Crippen LogP) is 1.57. The van der Waals surface area contributed by atoms with Gasteiger partial charge in [-0.25, -0.2) is 17.8 Å². The second-order valence-electron chi connectivity index (χ2n) is 5.14. The number of halogens is 1. The Hall–Kier alpha value is -1.63. The number of hydrogen-bond acceptors (Lipinski definition) is 3. The van der Waals surface area contributed by atoms with Gasteiger partial charge in [0.25, 0.3) is 0 Å². The third-order valence-electron chi connectivity index (χ3n) is 3.01. The minimum atomic E-state index is -3.19. The Morgan fingerprint density at radius 1 is 1.43 bits per heavy atom. The average molecular weight is 315 g/mol. The van der Waals surface area contributed by atoms with Gasteiger partial charge in [-0.3, -0.25) is 0 Å². The zero-order valence-electron chi connectivity index (χ0n) is 12.6. The van der Waals surface area contributed by atoms with E-state index in [0.717, 1.165) is 12.7 Å². The monoisotopic (exact) mass is 315 g/mol. The smallest absolute Gasteiger partial charge is 0.189 e. The molecule has 7 heteroatoms. The first-order chi connectivity index (χ1) is 9.71. The maximum atomic E-state index is 13.3. The number of rotatable bonds is 6. The highest BCUT2D eigenvalue weighted by Gasteiger charge is 2.10. The lowest BCUT2D eigenvalue weighted by molar-refractivity contribution is 0.600. The summed E-state index contributed by atoms with van der Waals surface area (Å²) in [5.41, 5.74) is 6.80. The van der Waals surface area contributed by atoms with Crippen LogP contribution >= 0.6 is 0 Å². The molecule has 0 amide bonds. The summed E-state index contributed by atoms with van der Waals surface area (Å²) in [6, 6.07) is 4.20. The summed E-state index contributed by atoms with van der Waals surface area (Å²) in [5.74, 6) is -0.304. The number of hydrogen-bond donors (Lipinski definition) is 2. The van der Waals surface area contributed by atoms with Crippen LogP contribution in [-0.4, -0.2) is 26.7 Å². The van der Waals surface area contributed by atoms with Gasteiger partial charge < -0.3 is 11.1 Å². The molecule has 3 N–H and O–H groups in total. The molecule has 118 valence electrons. The van der Waals surface area contributed by atoms with Crippen molar-refractivity contribution in [2.45, 2.75) is 38.6 Å². The molecule has 1 atom stereocenters. The van der Waals surface area contributed by atoms with E-state index >= 15 is 0 Å². The third kappa shape index (κ3) is 6.57. The SMILES string of the molecule is CCC(C)NC(N)=NCc1cc(F)ccc1CS(C)(=O)=O. The lowest BCUT2D eigenvalue weighted by Gasteiger charge is -2.12. The van der Waals surface area contributed by atoms with Crippen molar-refractivity contribution in [3.63, 3.8) is 0 Å². The summed E-state index contributed by atoms with van der Waals surface area (Å²) in [7, 11) is -3.19. The topological polar surface area (TPSA) is 84.5 Å². The van der Waals surface area contributed by atoms with Gasteiger partial charge in [-0.15, -0.1) is 0 Å². The zero-order valence-corrected chi connectivity index (χ0v) is 13.4. The lowest BCUT2D eigenvalue weighted by Crippen LogP contribution is -2.38. The summed E-state index contributed by atoms with van der Waals surface area (Å²) in [6.45, 7) is 4.12. The van der Waals surface area contributed by atoms with Crippen LogP contribution in [0.1, 0.15) is 31.4 Å². The van der Waals surface area contributed by atoms with E-state index in [1.54, 1.807) is 0 Å². The van der Waals surface area contributed by atoms with E-state index in [1.807, 2.05) is 13.8 Å². The molecule has 0 radical (unpaired) electrons. The van der Waals surface area contributed by atoms with Crippen LogP contribution in [0.3, 0.4) is 0 Å². The van der Waals surface area contributed by atoms with Crippen LogP contribution in [0.15, 0.2) is 23.2 Å². The molecule has 0 saturated carbocycles. The molecule has 1 aromatic rings. The van der Waals surface area contributed by atoms with Crippen molar-refractivity contribution < 1.29 is 12.8 Å². The molecule has 0 fully saturated rings. The van der Waals surface area contributed by atoms with Gasteiger partial charge >= 0.3 is 0 Å². The van der Waals surface area contributed by atoms with Crippen molar-refractivity contribution in [1.29, 1.82) is 0 Å². The summed E-state index contributed by atoms with van der Waals surface area (Å²) in [5, 5.41) is 3.00. The lowest BCUT2D eigenvalue weighted by atomic mass is 10.1. The fourth-order valence-electron chi connectivity index (χ4n) is 1.74. The molecule has 0 saturated heterocycles. The number of guanidine groups is 1. The zero-order chi connectivity index (χ0) is 16.0. The molecule has 1 rings (SSSR count). The molecule has 0 aliphatic heterocycles. The minimum absolute atomic E-state index is 0.137. The van der Waals surface area contributed by atoms with Crippen molar-refractivity contribution in [2.75, 3.05) is 6.26 Å². The van der Waals surface area contributed by atoms with Crippen LogP contribution in [0.5, 0.6) is 0 Å². The van der Waals surface area contributed by atoms with Crippen molar-refractivity contribution in [2.24, 2.45) is 10.7 Å². The number of nitrogens with one attached hydrogen (secondary N) is 1. The van der Waals surface area contributed by atoms with E-state index in [0.29, 0.717) is 11.1 Å². The summed E-state index contributed by atoms with van der Waals surface area (Å²) in [6.07, 6.45) is 2.04. The Balaban J connectivity index is 2.91. The Morgan fingerprint density at radius 3 is 2.67 bits per heavy atom. The van der Waals surface area contributed by atoms with Gasteiger partial charge in [-0.2, -0.15) is 0 Å². The summed E-state index contributed by atoms with van der Waals surface area (Å²) in [4.78, 5) is 4.14. The molecule has 0 bridgehead atoms. The average Bonchev–Trinajstić information content (AvgIpc) is 2.37. The van der Waals surface area contributed by atoms with E-state index in [4.69, 9.17) is 5.73 Å². The Labute approximate surface area is 125 Å². The van der Waals surface area contributed by atoms with Crippen molar-refractivity contribution in [1.82, 2.24) is 5.32 Å². The Bertz CT molecular complexity index is 615. The van der Waals surface area contributed by atoms with Crippen LogP contribution in [0.25, 0.3) is 0 Å². The number of sulfone groups is 1. The molecule has 0 spiro atoms. The van der Waals surface area contributed by atoms with E-state index in [1.165, 1.54) is 18.2 Å². The first-order valence-corrected chi connectivity index (χ1v) is 8.78. The number of aliphatic imine (C=N–C) groups is 1. The van der Waals surface area contributed by atoms with Crippen LogP contribution in [0.2, 0.25) is 0 Å². The van der Waals surface area contributed by atoms with Crippen LogP contribution in [0, 0.1) is 5.82 Å². The van der Waals surface area contributed by atoms with Crippen LogP contribution < -0.4 is 11.1 Å². The second kappa shape index (κ2) is 7.40. The van der Waals surface area contributed by atoms with E-state index < -0.39 is 15.7 Å². The van der Waals surface area contributed by atoms with Crippen LogP contribution in [-0.2, 0) is 22.1 Å². The molecule has 5 nitrogen and oxygen atoms in total. The molecular formula is C14H22FN3O2S. The molecule has 0 heterocycles. The van der Waals surface area contributed by atoms with Gasteiger partial charge in [0.05, 0.1) is 12.3 Å². The highest BCUT2D eigenvalue weighted by atomic mass is 32.2. The second-order valence-corrected chi connectivity index (χ2v) is 7.28. The van der Waals surface area contributed by atoms with E-state index in [2.05, 4.69) is 10.3 Å². The van der Waals surface area contributed by atoms with E-state index in [-0.39, 0.29) is 24.3 Å². The molecule has 21 heavy (non-hydrogen) atoms. The highest BCUT2D eigenvalue weighted by Crippen LogP contribution is 2.15. The molecule has 1 unspecified atom stereocenters. The van der Waals surface area contributed by atoms with E-state index in [9.17, 15) is 12.8 Å². The standard InChI is InChI=1S/C14H22FN3O2S/c1-4-10(2)18-14(16)17-8-12-7-13(15)6-5-11(12)9-21(3,19)20/h5-7,10H,4,8-9H2,1-3H3,(H3,16,17,18). The minimum Gasteiger partial charge on any atom is -0.370 e. The molecular weight excluding hydrogens is 293 g/mol. The first-order valence-electron chi connectivity index (χ1n) is 6.72. The maximum absolute atomic E-state index is 13.3. The quantitative estimate of drug-likeness (QED) is 0.616. The van der Waals surface area contributed by atoms with Gasteiger partial charge in [0.15, 0.2) is 15.8 Å². The Kier molecular flexibility index (Phi) is 6.14. The van der Waals surface area contributed by atoms with Gasteiger partial charge in [-0.05, 0) is 36.6 Å². The number of nitrogens with zero attached hydrogens (tertiary/aromatic N) is 1. The highest BCUT2D eigenvalue weighted by molar-refractivity contribution is 7.89. The van der Waals surface area contributed by atoms with Crippen LogP contribution in [0.4, 0.5) is 4.39 Å². The summed E-state index contributed by atoms with van der Waals surface area (Å²) >= 11 is 0. The molecule has 0 aliphatic carbocycles. The fraction of sp³-hybridized carbons (Fsp3) is 0.500. The van der Waals surface area contributed by atoms with Gasteiger partial charge in [0.2, 0.25) is 0 Å². The van der Waals surface area contributed by atoms with Crippen molar-refractivity contribution in [3.8, 4) is 0 Å². The molecule has 0 aliphatic rings. The van der Waals surface area contributed by atoms with Crippen molar-refractivity contribution >= 4 is 15.8 Å².